The highest BCUT2D eigenvalue weighted by Crippen LogP contribution is 2.15. The summed E-state index contributed by atoms with van der Waals surface area (Å²) in [7, 11) is 0. The third kappa shape index (κ3) is 3.17. The summed E-state index contributed by atoms with van der Waals surface area (Å²) in [5.74, 6) is -0.956. The first-order chi connectivity index (χ1) is 9.08. The molecule has 19 heavy (non-hydrogen) atoms. The van der Waals surface area contributed by atoms with Crippen LogP contribution in [0.1, 0.15) is 27.9 Å². The van der Waals surface area contributed by atoms with Crippen LogP contribution >= 0.6 is 11.3 Å². The number of aryl methyl sites for hydroxylation is 1. The predicted octanol–water partition coefficient (Wildman–Crippen LogP) is 2.99. The van der Waals surface area contributed by atoms with Gasteiger partial charge in [-0.25, -0.2) is 9.78 Å². The third-order valence-electron chi connectivity index (χ3n) is 2.54. The second-order valence-corrected chi connectivity index (χ2v) is 4.82. The summed E-state index contributed by atoms with van der Waals surface area (Å²) >= 11 is 1.52. The smallest absolute Gasteiger partial charge is 0.335 e. The van der Waals surface area contributed by atoms with Gasteiger partial charge in [0.15, 0.2) is 0 Å². The monoisotopic (exact) mass is 275 g/mol. The van der Waals surface area contributed by atoms with Crippen molar-refractivity contribution in [2.45, 2.75) is 13.8 Å². The molecule has 0 aliphatic carbocycles. The highest BCUT2D eigenvalue weighted by molar-refractivity contribution is 7.12. The molecule has 0 unspecified atom stereocenters. The molecule has 0 amide bonds. The van der Waals surface area contributed by atoms with Gasteiger partial charge in [-0.1, -0.05) is 6.07 Å². The molecular weight excluding hydrogens is 262 g/mol. The summed E-state index contributed by atoms with van der Waals surface area (Å²) in [5, 5.41) is 13.1. The van der Waals surface area contributed by atoms with E-state index in [0.29, 0.717) is 5.69 Å². The van der Waals surface area contributed by atoms with Crippen LogP contribution in [-0.4, -0.2) is 21.8 Å². The van der Waals surface area contributed by atoms with Crippen LogP contribution in [0.25, 0.3) is 0 Å². The fourth-order valence-corrected chi connectivity index (χ4v) is 2.33. The summed E-state index contributed by atoms with van der Waals surface area (Å²) in [6.07, 6.45) is 0. The summed E-state index contributed by atoms with van der Waals surface area (Å²) in [5.41, 5.74) is 7.26. The van der Waals surface area contributed by atoms with Gasteiger partial charge < -0.3 is 5.11 Å². The number of rotatable bonds is 4. The van der Waals surface area contributed by atoms with Gasteiger partial charge in [0.25, 0.3) is 0 Å². The topological polar surface area (TPSA) is 74.6 Å². The van der Waals surface area contributed by atoms with Crippen LogP contribution < -0.4 is 5.43 Å². The first kappa shape index (κ1) is 13.2. The number of carboxylic acids is 1. The Hall–Kier alpha value is -2.21. The maximum Gasteiger partial charge on any atom is 0.335 e. The van der Waals surface area contributed by atoms with Gasteiger partial charge >= 0.3 is 5.97 Å². The van der Waals surface area contributed by atoms with Crippen LogP contribution in [0.15, 0.2) is 34.9 Å². The Morgan fingerprint density at radius 2 is 2.26 bits per heavy atom. The first-order valence-corrected chi connectivity index (χ1v) is 6.50. The highest BCUT2D eigenvalue weighted by atomic mass is 32.1. The van der Waals surface area contributed by atoms with Crippen molar-refractivity contribution in [2.75, 3.05) is 5.43 Å². The lowest BCUT2D eigenvalue weighted by atomic mass is 10.2. The number of aromatic carboxylic acids is 1. The molecule has 2 N–H and O–H groups in total. The van der Waals surface area contributed by atoms with Gasteiger partial charge in [-0.3, -0.25) is 5.43 Å². The molecule has 98 valence electrons. The van der Waals surface area contributed by atoms with E-state index in [9.17, 15) is 4.79 Å². The molecule has 0 aliphatic rings. The summed E-state index contributed by atoms with van der Waals surface area (Å²) in [6.45, 7) is 3.81. The van der Waals surface area contributed by atoms with Crippen molar-refractivity contribution in [1.82, 2.24) is 4.98 Å². The van der Waals surface area contributed by atoms with Crippen molar-refractivity contribution in [3.63, 3.8) is 0 Å². The number of thiazole rings is 1. The SMILES string of the molecule is C/C(=N/Nc1cccc(C(=O)O)c1)c1scnc1C. The van der Waals surface area contributed by atoms with Gasteiger partial charge in [0.2, 0.25) is 0 Å². The number of carbonyl (C=O) groups is 1. The molecular formula is C13H13N3O2S. The molecule has 2 aromatic rings. The standard InChI is InChI=1S/C13H13N3O2S/c1-8-12(19-7-14-8)9(2)15-16-11-5-3-4-10(6-11)13(17)18/h3-7,16H,1-2H3,(H,17,18)/b15-9-. The quantitative estimate of drug-likeness (QED) is 0.664. The van der Waals surface area contributed by atoms with Crippen molar-refractivity contribution in [2.24, 2.45) is 5.10 Å². The van der Waals surface area contributed by atoms with E-state index in [-0.39, 0.29) is 5.56 Å². The Kier molecular flexibility index (Phi) is 3.91. The molecule has 6 heteroatoms. The molecule has 0 fully saturated rings. The zero-order valence-electron chi connectivity index (χ0n) is 10.5. The molecule has 1 aromatic heterocycles. The van der Waals surface area contributed by atoms with Gasteiger partial charge in [-0.2, -0.15) is 5.10 Å². The van der Waals surface area contributed by atoms with E-state index in [1.807, 2.05) is 13.8 Å². The fraction of sp³-hybridized carbons (Fsp3) is 0.154. The lowest BCUT2D eigenvalue weighted by molar-refractivity contribution is 0.0697. The Morgan fingerprint density at radius 1 is 1.47 bits per heavy atom. The van der Waals surface area contributed by atoms with Crippen molar-refractivity contribution < 1.29 is 9.90 Å². The number of aromatic nitrogens is 1. The second-order valence-electron chi connectivity index (χ2n) is 3.96. The summed E-state index contributed by atoms with van der Waals surface area (Å²) in [4.78, 5) is 16.0. The fourth-order valence-electron chi connectivity index (χ4n) is 1.57. The maximum absolute atomic E-state index is 10.9. The zero-order chi connectivity index (χ0) is 13.8. The number of nitrogens with zero attached hydrogens (tertiary/aromatic N) is 2. The number of anilines is 1. The van der Waals surface area contributed by atoms with Crippen LogP contribution in [0, 0.1) is 6.92 Å². The van der Waals surface area contributed by atoms with Crippen LogP contribution in [0.3, 0.4) is 0 Å². The van der Waals surface area contributed by atoms with E-state index in [0.717, 1.165) is 16.3 Å². The Balaban J connectivity index is 2.16. The number of carboxylic acid groups (broad SMARTS) is 1. The van der Waals surface area contributed by atoms with E-state index in [4.69, 9.17) is 5.11 Å². The maximum atomic E-state index is 10.9. The Bertz CT molecular complexity index is 634. The molecule has 2 rings (SSSR count). The second kappa shape index (κ2) is 5.62. The minimum absolute atomic E-state index is 0.229. The van der Waals surface area contributed by atoms with Crippen molar-refractivity contribution in [3.05, 3.63) is 45.9 Å². The van der Waals surface area contributed by atoms with Gasteiger partial charge in [-0.15, -0.1) is 11.3 Å². The van der Waals surface area contributed by atoms with Gasteiger partial charge in [0.1, 0.15) is 0 Å². The van der Waals surface area contributed by atoms with E-state index in [2.05, 4.69) is 15.5 Å². The summed E-state index contributed by atoms with van der Waals surface area (Å²) < 4.78 is 0. The molecule has 0 spiro atoms. The van der Waals surface area contributed by atoms with Gasteiger partial charge in [0.05, 0.1) is 33.0 Å². The molecule has 1 heterocycles. The first-order valence-electron chi connectivity index (χ1n) is 5.62. The van der Waals surface area contributed by atoms with E-state index >= 15 is 0 Å². The van der Waals surface area contributed by atoms with Gasteiger partial charge in [0, 0.05) is 0 Å². The minimum atomic E-state index is -0.956. The third-order valence-corrected chi connectivity index (χ3v) is 3.57. The van der Waals surface area contributed by atoms with Crippen molar-refractivity contribution in [3.8, 4) is 0 Å². The molecule has 1 aromatic carbocycles. The number of hydrazone groups is 1. The van der Waals surface area contributed by atoms with Crippen LogP contribution in [-0.2, 0) is 0 Å². The molecule has 0 saturated carbocycles. The minimum Gasteiger partial charge on any atom is -0.478 e. The lowest BCUT2D eigenvalue weighted by Gasteiger charge is -2.03. The summed E-state index contributed by atoms with van der Waals surface area (Å²) in [6, 6.07) is 6.52. The average Bonchev–Trinajstić information content (AvgIpc) is 2.82. The molecule has 0 saturated heterocycles. The molecule has 0 radical (unpaired) electrons. The number of benzene rings is 1. The normalized spacial score (nSPS) is 11.4. The largest absolute Gasteiger partial charge is 0.478 e. The molecule has 0 atom stereocenters. The van der Waals surface area contributed by atoms with E-state index in [1.165, 1.54) is 17.4 Å². The van der Waals surface area contributed by atoms with Crippen LogP contribution in [0.2, 0.25) is 0 Å². The number of nitrogens with one attached hydrogen (secondary N) is 1. The van der Waals surface area contributed by atoms with Crippen LogP contribution in [0.5, 0.6) is 0 Å². The van der Waals surface area contributed by atoms with E-state index < -0.39 is 5.97 Å². The highest BCUT2D eigenvalue weighted by Gasteiger charge is 2.05. The van der Waals surface area contributed by atoms with Crippen molar-refractivity contribution >= 4 is 28.7 Å². The number of hydrogen-bond donors (Lipinski definition) is 2. The Labute approximate surface area is 114 Å². The molecule has 5 nitrogen and oxygen atoms in total. The average molecular weight is 275 g/mol. The number of hydrogen-bond acceptors (Lipinski definition) is 5. The zero-order valence-corrected chi connectivity index (χ0v) is 11.4. The van der Waals surface area contributed by atoms with Crippen LogP contribution in [0.4, 0.5) is 5.69 Å². The predicted molar refractivity (Wildman–Crippen MR) is 76.1 cm³/mol. The molecule has 0 bridgehead atoms. The molecule has 0 aliphatic heterocycles. The van der Waals surface area contributed by atoms with Crippen molar-refractivity contribution in [1.29, 1.82) is 0 Å². The Morgan fingerprint density at radius 3 is 2.89 bits per heavy atom. The van der Waals surface area contributed by atoms with Gasteiger partial charge in [-0.05, 0) is 32.0 Å². The van der Waals surface area contributed by atoms with E-state index in [1.54, 1.807) is 23.7 Å². The lowest BCUT2D eigenvalue weighted by Crippen LogP contribution is -2.01.